The van der Waals surface area contributed by atoms with E-state index in [9.17, 15) is 9.59 Å². The first-order valence-corrected chi connectivity index (χ1v) is 10.5. The van der Waals surface area contributed by atoms with Crippen LogP contribution in [-0.4, -0.2) is 34.1 Å². The summed E-state index contributed by atoms with van der Waals surface area (Å²) in [6, 6.07) is 9.15. The van der Waals surface area contributed by atoms with Crippen molar-refractivity contribution in [1.82, 2.24) is 20.3 Å². The molecule has 0 radical (unpaired) electrons. The Hall–Kier alpha value is -2.93. The van der Waals surface area contributed by atoms with Crippen molar-refractivity contribution in [2.45, 2.75) is 51.2 Å². The number of hydrogen-bond donors (Lipinski definition) is 3. The zero-order valence-corrected chi connectivity index (χ0v) is 17.4. The molecule has 7 heteroatoms. The van der Waals surface area contributed by atoms with Crippen molar-refractivity contribution in [2.75, 3.05) is 7.11 Å². The van der Waals surface area contributed by atoms with Gasteiger partial charge in [-0.25, -0.2) is 4.98 Å². The molecule has 1 aliphatic rings. The fraction of sp³-hybridized carbons (Fsp3) is 0.435. The summed E-state index contributed by atoms with van der Waals surface area (Å²) in [5.41, 5.74) is 2.48. The van der Waals surface area contributed by atoms with Gasteiger partial charge in [-0.1, -0.05) is 24.6 Å². The Morgan fingerprint density at radius 2 is 2.17 bits per heavy atom. The molecule has 1 aliphatic carbocycles. The van der Waals surface area contributed by atoms with Gasteiger partial charge in [0.25, 0.3) is 5.56 Å². The minimum atomic E-state index is -0.388. The third-order valence-corrected chi connectivity index (χ3v) is 5.98. The van der Waals surface area contributed by atoms with Crippen LogP contribution in [0.15, 0.2) is 41.3 Å². The number of fused-ring (bicyclic) bond motifs is 1. The molecule has 2 heterocycles. The number of amides is 1. The first kappa shape index (κ1) is 20.3. The van der Waals surface area contributed by atoms with Crippen LogP contribution >= 0.6 is 0 Å². The Morgan fingerprint density at radius 1 is 1.33 bits per heavy atom. The predicted molar refractivity (Wildman–Crippen MR) is 115 cm³/mol. The number of aryl methyl sites for hydroxylation is 1. The Balaban J connectivity index is 1.61. The van der Waals surface area contributed by atoms with Gasteiger partial charge in [-0.05, 0) is 37.8 Å². The number of H-pyrrole nitrogens is 2. The van der Waals surface area contributed by atoms with E-state index in [1.54, 1.807) is 14.0 Å². The average Bonchev–Trinajstić information content (AvgIpc) is 3.15. The molecule has 158 valence electrons. The molecular weight excluding hydrogens is 380 g/mol. The van der Waals surface area contributed by atoms with E-state index in [0.717, 1.165) is 42.1 Å². The summed E-state index contributed by atoms with van der Waals surface area (Å²) in [7, 11) is 1.70. The third-order valence-electron chi connectivity index (χ3n) is 5.98. The zero-order chi connectivity index (χ0) is 21.1. The molecule has 0 bridgehead atoms. The molecule has 2 aromatic heterocycles. The SMILES string of the molecule is CO[C@H]1CCC[C@H](C(=O)N[C@H](Cc2c[nH]c3ccccc23)c2cc(=O)[nH]c(C)n2)C1. The fourth-order valence-electron chi connectivity index (χ4n) is 4.42. The topological polar surface area (TPSA) is 99.9 Å². The maximum absolute atomic E-state index is 13.1. The Kier molecular flexibility index (Phi) is 5.99. The van der Waals surface area contributed by atoms with Crippen LogP contribution in [-0.2, 0) is 16.0 Å². The summed E-state index contributed by atoms with van der Waals surface area (Å²) in [6.07, 6.45) is 6.19. The van der Waals surface area contributed by atoms with Crippen LogP contribution in [0.4, 0.5) is 0 Å². The van der Waals surface area contributed by atoms with Crippen LogP contribution in [0.1, 0.15) is 48.8 Å². The number of carbonyl (C=O) groups is 1. The predicted octanol–water partition coefficient (Wildman–Crippen LogP) is 3.16. The van der Waals surface area contributed by atoms with Crippen LogP contribution < -0.4 is 10.9 Å². The summed E-state index contributed by atoms with van der Waals surface area (Å²) in [5, 5.41) is 4.29. The van der Waals surface area contributed by atoms with Crippen molar-refractivity contribution >= 4 is 16.8 Å². The normalized spacial score (nSPS) is 20.2. The van der Waals surface area contributed by atoms with Crippen LogP contribution in [0.5, 0.6) is 0 Å². The molecule has 3 aromatic rings. The highest BCUT2D eigenvalue weighted by Gasteiger charge is 2.29. The number of rotatable bonds is 6. The van der Waals surface area contributed by atoms with E-state index in [2.05, 4.69) is 26.3 Å². The lowest BCUT2D eigenvalue weighted by molar-refractivity contribution is -0.128. The molecule has 3 N–H and O–H groups in total. The maximum Gasteiger partial charge on any atom is 0.251 e. The van der Waals surface area contributed by atoms with Crippen molar-refractivity contribution in [3.63, 3.8) is 0 Å². The second kappa shape index (κ2) is 8.83. The Labute approximate surface area is 175 Å². The molecule has 3 atom stereocenters. The maximum atomic E-state index is 13.1. The van der Waals surface area contributed by atoms with E-state index in [1.807, 2.05) is 24.4 Å². The number of nitrogens with zero attached hydrogens (tertiary/aromatic N) is 1. The largest absolute Gasteiger partial charge is 0.381 e. The summed E-state index contributed by atoms with van der Waals surface area (Å²) >= 11 is 0. The van der Waals surface area contributed by atoms with Gasteiger partial charge in [-0.3, -0.25) is 9.59 Å². The molecule has 1 aromatic carbocycles. The summed E-state index contributed by atoms with van der Waals surface area (Å²) in [4.78, 5) is 35.7. The van der Waals surface area contributed by atoms with E-state index < -0.39 is 0 Å². The second-order valence-electron chi connectivity index (χ2n) is 8.10. The summed E-state index contributed by atoms with van der Waals surface area (Å²) < 4.78 is 5.48. The molecule has 4 rings (SSSR count). The molecule has 0 aliphatic heterocycles. The molecule has 0 saturated heterocycles. The van der Waals surface area contributed by atoms with Crippen LogP contribution in [0.3, 0.4) is 0 Å². The number of ether oxygens (including phenoxy) is 1. The number of carbonyl (C=O) groups excluding carboxylic acids is 1. The van der Waals surface area contributed by atoms with Gasteiger partial charge in [0, 0.05) is 42.6 Å². The van der Waals surface area contributed by atoms with Crippen molar-refractivity contribution in [3.8, 4) is 0 Å². The molecular formula is C23H28N4O3. The third kappa shape index (κ3) is 4.46. The van der Waals surface area contributed by atoms with E-state index in [0.29, 0.717) is 17.9 Å². The van der Waals surface area contributed by atoms with Crippen molar-refractivity contribution < 1.29 is 9.53 Å². The number of para-hydroxylation sites is 1. The standard InChI is InChI=1S/C23H28N4O3/c1-14-25-21(12-22(28)26-14)20(11-16-13-24-19-9-4-3-8-18(16)19)27-23(29)15-6-5-7-17(10-15)30-2/h3-4,8-9,12-13,15,17,20,24H,5-7,10-11H2,1-2H3,(H,27,29)(H,25,26,28)/t15-,17-,20+/m0/s1. The molecule has 7 nitrogen and oxygen atoms in total. The van der Waals surface area contributed by atoms with E-state index >= 15 is 0 Å². The van der Waals surface area contributed by atoms with Crippen molar-refractivity contribution in [1.29, 1.82) is 0 Å². The number of nitrogens with one attached hydrogen (secondary N) is 3. The quantitative estimate of drug-likeness (QED) is 0.583. The zero-order valence-electron chi connectivity index (χ0n) is 17.4. The first-order chi connectivity index (χ1) is 14.5. The van der Waals surface area contributed by atoms with Gasteiger partial charge in [0.15, 0.2) is 0 Å². The highest BCUT2D eigenvalue weighted by atomic mass is 16.5. The van der Waals surface area contributed by atoms with Gasteiger partial charge in [-0.2, -0.15) is 0 Å². The lowest BCUT2D eigenvalue weighted by atomic mass is 9.86. The van der Waals surface area contributed by atoms with Crippen LogP contribution in [0.25, 0.3) is 10.9 Å². The van der Waals surface area contributed by atoms with E-state index in [-0.39, 0.29) is 29.5 Å². The highest BCUT2D eigenvalue weighted by molar-refractivity contribution is 5.83. The Morgan fingerprint density at radius 3 is 2.97 bits per heavy atom. The molecule has 1 fully saturated rings. The van der Waals surface area contributed by atoms with Crippen molar-refractivity contribution in [2.24, 2.45) is 5.92 Å². The minimum absolute atomic E-state index is 0.00123. The first-order valence-electron chi connectivity index (χ1n) is 10.5. The second-order valence-corrected chi connectivity index (χ2v) is 8.10. The monoisotopic (exact) mass is 408 g/mol. The highest BCUT2D eigenvalue weighted by Crippen LogP contribution is 2.28. The van der Waals surface area contributed by atoms with Gasteiger partial charge in [-0.15, -0.1) is 0 Å². The minimum Gasteiger partial charge on any atom is -0.381 e. The number of hydrogen-bond acceptors (Lipinski definition) is 4. The molecule has 0 spiro atoms. The van der Waals surface area contributed by atoms with E-state index in [1.165, 1.54) is 6.07 Å². The Bertz CT molecular complexity index is 1090. The lowest BCUT2D eigenvalue weighted by Crippen LogP contribution is -2.39. The van der Waals surface area contributed by atoms with Crippen molar-refractivity contribution in [3.05, 3.63) is 64.0 Å². The van der Waals surface area contributed by atoms with Gasteiger partial charge in [0.2, 0.25) is 5.91 Å². The number of methoxy groups -OCH3 is 1. The molecule has 30 heavy (non-hydrogen) atoms. The van der Waals surface area contributed by atoms with Gasteiger partial charge in [0.05, 0.1) is 17.8 Å². The van der Waals surface area contributed by atoms with Gasteiger partial charge in [0.1, 0.15) is 5.82 Å². The van der Waals surface area contributed by atoms with Crippen LogP contribution in [0, 0.1) is 12.8 Å². The fourth-order valence-corrected chi connectivity index (χ4v) is 4.42. The summed E-state index contributed by atoms with van der Waals surface area (Å²) in [5.74, 6) is 0.450. The number of aromatic nitrogens is 3. The molecule has 1 amide bonds. The molecule has 1 saturated carbocycles. The van der Waals surface area contributed by atoms with Crippen LogP contribution in [0.2, 0.25) is 0 Å². The van der Waals surface area contributed by atoms with Gasteiger partial charge >= 0.3 is 0 Å². The smallest absolute Gasteiger partial charge is 0.251 e. The number of aromatic amines is 2. The van der Waals surface area contributed by atoms with Gasteiger partial charge < -0.3 is 20.0 Å². The van der Waals surface area contributed by atoms with E-state index in [4.69, 9.17) is 4.74 Å². The lowest BCUT2D eigenvalue weighted by Gasteiger charge is -2.29. The summed E-state index contributed by atoms with van der Waals surface area (Å²) in [6.45, 7) is 1.75. The average molecular weight is 409 g/mol. The number of benzene rings is 1. The molecule has 0 unspecified atom stereocenters.